The number of aliphatic hydroxyl groups is 1. The first-order valence-corrected chi connectivity index (χ1v) is 6.71. The van der Waals surface area contributed by atoms with Gasteiger partial charge in [0.1, 0.15) is 0 Å². The van der Waals surface area contributed by atoms with E-state index >= 15 is 0 Å². The highest BCUT2D eigenvalue weighted by atomic mass is 16.5. The summed E-state index contributed by atoms with van der Waals surface area (Å²) in [5.41, 5.74) is 0. The van der Waals surface area contributed by atoms with E-state index in [1.165, 1.54) is 12.8 Å². The van der Waals surface area contributed by atoms with E-state index in [1.807, 2.05) is 0 Å². The number of aliphatic hydroxyl groups excluding tert-OH is 1. The third-order valence-electron chi connectivity index (χ3n) is 3.28. The molecule has 0 aromatic heterocycles. The Bertz CT molecular complexity index is 190. The lowest BCUT2D eigenvalue weighted by Crippen LogP contribution is -2.34. The highest BCUT2D eigenvalue weighted by molar-refractivity contribution is 4.71. The van der Waals surface area contributed by atoms with E-state index in [4.69, 9.17) is 9.47 Å². The van der Waals surface area contributed by atoms with Crippen LogP contribution in [0.3, 0.4) is 0 Å². The van der Waals surface area contributed by atoms with Crippen molar-refractivity contribution in [3.63, 3.8) is 0 Å². The zero-order chi connectivity index (χ0) is 12.5. The lowest BCUT2D eigenvalue weighted by Gasteiger charge is -2.27. The monoisotopic (exact) mass is 245 g/mol. The van der Waals surface area contributed by atoms with Crippen molar-refractivity contribution >= 4 is 0 Å². The first-order valence-electron chi connectivity index (χ1n) is 6.71. The SMILES string of the molecule is COCCNC[C@H](O)CO[C@H]1CCC[C@H](C)C1. The van der Waals surface area contributed by atoms with Crippen LogP contribution in [0.15, 0.2) is 0 Å². The fourth-order valence-electron chi connectivity index (χ4n) is 2.28. The topological polar surface area (TPSA) is 50.7 Å². The van der Waals surface area contributed by atoms with Gasteiger partial charge in [-0.05, 0) is 18.8 Å². The summed E-state index contributed by atoms with van der Waals surface area (Å²) >= 11 is 0. The summed E-state index contributed by atoms with van der Waals surface area (Å²) < 4.78 is 10.7. The molecule has 3 atom stereocenters. The van der Waals surface area contributed by atoms with Crippen LogP contribution in [0.4, 0.5) is 0 Å². The maximum atomic E-state index is 9.72. The second-order valence-electron chi connectivity index (χ2n) is 5.08. The average Bonchev–Trinajstić information content (AvgIpc) is 2.32. The van der Waals surface area contributed by atoms with Crippen LogP contribution >= 0.6 is 0 Å². The molecule has 4 nitrogen and oxygen atoms in total. The lowest BCUT2D eigenvalue weighted by atomic mass is 9.89. The normalized spacial score (nSPS) is 27.0. The van der Waals surface area contributed by atoms with Crippen molar-refractivity contribution < 1.29 is 14.6 Å². The van der Waals surface area contributed by atoms with E-state index in [1.54, 1.807) is 7.11 Å². The van der Waals surface area contributed by atoms with E-state index in [0.717, 1.165) is 25.3 Å². The van der Waals surface area contributed by atoms with Gasteiger partial charge in [-0.15, -0.1) is 0 Å². The Kier molecular flexibility index (Phi) is 7.77. The van der Waals surface area contributed by atoms with Crippen LogP contribution in [0.25, 0.3) is 0 Å². The number of nitrogens with one attached hydrogen (secondary N) is 1. The van der Waals surface area contributed by atoms with Crippen LogP contribution in [-0.2, 0) is 9.47 Å². The summed E-state index contributed by atoms with van der Waals surface area (Å²) in [4.78, 5) is 0. The Morgan fingerprint density at radius 1 is 1.41 bits per heavy atom. The molecule has 4 heteroatoms. The molecule has 0 heterocycles. The molecule has 0 amide bonds. The molecule has 1 fully saturated rings. The molecular weight excluding hydrogens is 218 g/mol. The number of methoxy groups -OCH3 is 1. The van der Waals surface area contributed by atoms with Crippen molar-refractivity contribution in [3.05, 3.63) is 0 Å². The summed E-state index contributed by atoms with van der Waals surface area (Å²) in [6.45, 7) is 4.74. The number of hydrogen-bond donors (Lipinski definition) is 2. The van der Waals surface area contributed by atoms with Gasteiger partial charge in [0, 0.05) is 20.2 Å². The van der Waals surface area contributed by atoms with Crippen LogP contribution in [0, 0.1) is 5.92 Å². The average molecular weight is 245 g/mol. The van der Waals surface area contributed by atoms with Gasteiger partial charge in [-0.2, -0.15) is 0 Å². The number of rotatable bonds is 8. The second kappa shape index (κ2) is 8.86. The molecule has 17 heavy (non-hydrogen) atoms. The van der Waals surface area contributed by atoms with Gasteiger partial charge in [-0.25, -0.2) is 0 Å². The molecule has 0 aliphatic heterocycles. The van der Waals surface area contributed by atoms with Crippen molar-refractivity contribution in [1.29, 1.82) is 0 Å². The van der Waals surface area contributed by atoms with Gasteiger partial charge < -0.3 is 19.9 Å². The predicted molar refractivity (Wildman–Crippen MR) is 68.1 cm³/mol. The fourth-order valence-corrected chi connectivity index (χ4v) is 2.28. The van der Waals surface area contributed by atoms with Crippen LogP contribution in [0.5, 0.6) is 0 Å². The van der Waals surface area contributed by atoms with Crippen LogP contribution in [0.2, 0.25) is 0 Å². The zero-order valence-corrected chi connectivity index (χ0v) is 11.2. The van der Waals surface area contributed by atoms with Crippen molar-refractivity contribution in [2.24, 2.45) is 5.92 Å². The van der Waals surface area contributed by atoms with Crippen molar-refractivity contribution in [3.8, 4) is 0 Å². The highest BCUT2D eigenvalue weighted by Crippen LogP contribution is 2.25. The predicted octanol–water partition coefficient (Wildman–Crippen LogP) is 1.18. The van der Waals surface area contributed by atoms with E-state index in [9.17, 15) is 5.11 Å². The Balaban J connectivity index is 2.00. The lowest BCUT2D eigenvalue weighted by molar-refractivity contribution is -0.0307. The minimum absolute atomic E-state index is 0.354. The minimum atomic E-state index is -0.413. The molecule has 102 valence electrons. The summed E-state index contributed by atoms with van der Waals surface area (Å²) in [7, 11) is 1.67. The molecule has 1 aliphatic carbocycles. The molecule has 0 saturated heterocycles. The number of ether oxygens (including phenoxy) is 2. The maximum Gasteiger partial charge on any atom is 0.0897 e. The first kappa shape index (κ1) is 14.9. The third kappa shape index (κ3) is 6.99. The highest BCUT2D eigenvalue weighted by Gasteiger charge is 2.20. The molecule has 0 bridgehead atoms. The van der Waals surface area contributed by atoms with Gasteiger partial charge in [0.15, 0.2) is 0 Å². The maximum absolute atomic E-state index is 9.72. The second-order valence-corrected chi connectivity index (χ2v) is 5.08. The van der Waals surface area contributed by atoms with Gasteiger partial charge >= 0.3 is 0 Å². The van der Waals surface area contributed by atoms with Gasteiger partial charge in [-0.3, -0.25) is 0 Å². The molecule has 1 aliphatic rings. The molecule has 2 N–H and O–H groups in total. The zero-order valence-electron chi connectivity index (χ0n) is 11.2. The fraction of sp³-hybridized carbons (Fsp3) is 1.00. The Hall–Kier alpha value is -0.160. The van der Waals surface area contributed by atoms with Gasteiger partial charge in [0.05, 0.1) is 25.4 Å². The molecule has 0 radical (unpaired) electrons. The number of hydrogen-bond acceptors (Lipinski definition) is 4. The van der Waals surface area contributed by atoms with Crippen molar-refractivity contribution in [2.75, 3.05) is 33.4 Å². The summed E-state index contributed by atoms with van der Waals surface area (Å²) in [5, 5.41) is 12.8. The van der Waals surface area contributed by atoms with E-state index in [-0.39, 0.29) is 0 Å². The van der Waals surface area contributed by atoms with Crippen molar-refractivity contribution in [2.45, 2.75) is 44.8 Å². The summed E-state index contributed by atoms with van der Waals surface area (Å²) in [6.07, 6.45) is 4.81. The van der Waals surface area contributed by atoms with Crippen LogP contribution in [-0.4, -0.2) is 50.7 Å². The van der Waals surface area contributed by atoms with E-state index < -0.39 is 6.10 Å². The Morgan fingerprint density at radius 3 is 2.94 bits per heavy atom. The van der Waals surface area contributed by atoms with E-state index in [0.29, 0.717) is 25.9 Å². The molecule has 0 spiro atoms. The standard InChI is InChI=1S/C13H27NO3/c1-11-4-3-5-13(8-11)17-10-12(15)9-14-6-7-16-2/h11-15H,3-10H2,1-2H3/t11-,12-,13-/m0/s1. The summed E-state index contributed by atoms with van der Waals surface area (Å²) in [5.74, 6) is 0.769. The van der Waals surface area contributed by atoms with Gasteiger partial charge in [-0.1, -0.05) is 19.8 Å². The van der Waals surface area contributed by atoms with Crippen LogP contribution < -0.4 is 5.32 Å². The third-order valence-corrected chi connectivity index (χ3v) is 3.28. The van der Waals surface area contributed by atoms with Crippen LogP contribution in [0.1, 0.15) is 32.6 Å². The quantitative estimate of drug-likeness (QED) is 0.631. The molecule has 1 rings (SSSR count). The first-order chi connectivity index (χ1) is 8.22. The summed E-state index contributed by atoms with van der Waals surface area (Å²) in [6, 6.07) is 0. The smallest absolute Gasteiger partial charge is 0.0897 e. The molecule has 1 saturated carbocycles. The van der Waals surface area contributed by atoms with Gasteiger partial charge in [0.2, 0.25) is 0 Å². The van der Waals surface area contributed by atoms with Crippen molar-refractivity contribution in [1.82, 2.24) is 5.32 Å². The minimum Gasteiger partial charge on any atom is -0.389 e. The molecular formula is C13H27NO3. The Morgan fingerprint density at radius 2 is 2.24 bits per heavy atom. The molecule has 0 aromatic rings. The molecule has 0 aromatic carbocycles. The van der Waals surface area contributed by atoms with Gasteiger partial charge in [0.25, 0.3) is 0 Å². The molecule has 0 unspecified atom stereocenters. The Labute approximate surface area is 105 Å². The van der Waals surface area contributed by atoms with E-state index in [2.05, 4.69) is 12.2 Å². The largest absolute Gasteiger partial charge is 0.389 e.